The van der Waals surface area contributed by atoms with E-state index in [1.807, 2.05) is 83.0 Å². The topological polar surface area (TPSA) is 74.0 Å². The van der Waals surface area contributed by atoms with Crippen LogP contribution in [0.15, 0.2) is 79.3 Å². The van der Waals surface area contributed by atoms with Gasteiger partial charge in [0, 0.05) is 29.7 Å². The van der Waals surface area contributed by atoms with Gasteiger partial charge < -0.3 is 5.73 Å². The number of imidazole rings is 1. The molecular weight excluding hydrogens is 372 g/mol. The number of anilines is 1. The van der Waals surface area contributed by atoms with Crippen LogP contribution in [0.5, 0.6) is 0 Å². The van der Waals surface area contributed by atoms with Crippen molar-refractivity contribution in [2.75, 3.05) is 5.73 Å². The number of aromatic nitrogens is 5. The average molecular weight is 390 g/mol. The first kappa shape index (κ1) is 17.7. The lowest BCUT2D eigenvalue weighted by atomic mass is 10.1. The summed E-state index contributed by atoms with van der Waals surface area (Å²) < 4.78 is 3.86. The maximum atomic E-state index is 5.96. The third kappa shape index (κ3) is 3.19. The first-order valence-corrected chi connectivity index (χ1v) is 9.52. The predicted octanol–water partition coefficient (Wildman–Crippen LogP) is 3.87. The van der Waals surface area contributed by atoms with Crippen LogP contribution in [0.4, 0.5) is 5.82 Å². The number of hydrogen-bond acceptors (Lipinski definition) is 4. The van der Waals surface area contributed by atoms with Crippen LogP contribution in [-0.2, 0) is 0 Å². The number of hydrogen-bond donors (Lipinski definition) is 1. The van der Waals surface area contributed by atoms with E-state index in [0.29, 0.717) is 11.5 Å². The zero-order valence-corrected chi connectivity index (χ0v) is 16.3. The van der Waals surface area contributed by atoms with Crippen LogP contribution < -0.4 is 5.73 Å². The van der Waals surface area contributed by atoms with Gasteiger partial charge in [0.2, 0.25) is 0 Å². The van der Waals surface area contributed by atoms with Crippen LogP contribution in [0, 0.1) is 18.8 Å². The van der Waals surface area contributed by atoms with E-state index in [0.717, 1.165) is 33.8 Å². The Kier molecular flexibility index (Phi) is 4.26. The molecule has 1 aromatic carbocycles. The molecule has 0 radical (unpaired) electrons. The molecule has 0 spiro atoms. The molecule has 0 saturated heterocycles. The Balaban J connectivity index is 1.57. The molecule has 0 aliphatic heterocycles. The van der Waals surface area contributed by atoms with Gasteiger partial charge in [0.25, 0.3) is 0 Å². The summed E-state index contributed by atoms with van der Waals surface area (Å²) in [4.78, 5) is 9.15. The molecule has 2 N–H and O–H groups in total. The molecule has 30 heavy (non-hydrogen) atoms. The molecule has 0 aliphatic rings. The molecule has 0 unspecified atom stereocenters. The monoisotopic (exact) mass is 390 g/mol. The lowest BCUT2D eigenvalue weighted by molar-refractivity contribution is 0.880. The Bertz CT molecular complexity index is 1400. The van der Waals surface area contributed by atoms with Crippen molar-refractivity contribution in [2.45, 2.75) is 6.92 Å². The standard InChI is InChI=1S/C24H18N6/c1-17-24(29-15-3-2-5-23(29)27-17)20-11-13-22(25)28-21(20)12-8-18-6-9-19(10-7-18)30-16-4-14-26-30/h2-7,9-11,13-16H,1H3,(H2,25,28). The van der Waals surface area contributed by atoms with Crippen molar-refractivity contribution in [3.05, 3.63) is 96.2 Å². The molecule has 6 nitrogen and oxygen atoms in total. The van der Waals surface area contributed by atoms with E-state index in [4.69, 9.17) is 5.73 Å². The van der Waals surface area contributed by atoms with E-state index in [-0.39, 0.29) is 0 Å². The Labute approximate surface area is 173 Å². The number of nitrogens with two attached hydrogens (primary N) is 1. The zero-order valence-electron chi connectivity index (χ0n) is 16.3. The van der Waals surface area contributed by atoms with Gasteiger partial charge in [-0.05, 0) is 67.4 Å². The van der Waals surface area contributed by atoms with Gasteiger partial charge in [0.05, 0.1) is 17.1 Å². The highest BCUT2D eigenvalue weighted by Crippen LogP contribution is 2.27. The number of benzene rings is 1. The maximum absolute atomic E-state index is 5.96. The second-order valence-corrected chi connectivity index (χ2v) is 6.85. The highest BCUT2D eigenvalue weighted by molar-refractivity contribution is 5.73. The first-order chi connectivity index (χ1) is 14.7. The summed E-state index contributed by atoms with van der Waals surface area (Å²) in [5.41, 5.74) is 12.1. The molecule has 4 aromatic heterocycles. The molecule has 0 fully saturated rings. The molecular formula is C24H18N6. The highest BCUT2D eigenvalue weighted by Gasteiger charge is 2.14. The van der Waals surface area contributed by atoms with Gasteiger partial charge in [-0.2, -0.15) is 5.10 Å². The third-order valence-corrected chi connectivity index (χ3v) is 4.84. The molecule has 0 bridgehead atoms. The van der Waals surface area contributed by atoms with Crippen molar-refractivity contribution >= 4 is 11.5 Å². The number of pyridine rings is 2. The Morgan fingerprint density at radius 1 is 0.867 bits per heavy atom. The summed E-state index contributed by atoms with van der Waals surface area (Å²) in [6.45, 7) is 1.99. The summed E-state index contributed by atoms with van der Waals surface area (Å²) in [6.07, 6.45) is 5.65. The van der Waals surface area contributed by atoms with Crippen LogP contribution in [0.25, 0.3) is 22.6 Å². The smallest absolute Gasteiger partial charge is 0.137 e. The number of rotatable bonds is 2. The largest absolute Gasteiger partial charge is 0.384 e. The Morgan fingerprint density at radius 3 is 2.53 bits per heavy atom. The summed E-state index contributed by atoms with van der Waals surface area (Å²) >= 11 is 0. The van der Waals surface area contributed by atoms with Crippen LogP contribution in [-0.4, -0.2) is 24.1 Å². The number of nitrogen functional groups attached to an aromatic ring is 1. The molecule has 6 heteroatoms. The highest BCUT2D eigenvalue weighted by atomic mass is 15.3. The molecule has 4 heterocycles. The Hall–Kier alpha value is -4.37. The third-order valence-electron chi connectivity index (χ3n) is 4.84. The predicted molar refractivity (Wildman–Crippen MR) is 117 cm³/mol. The van der Waals surface area contributed by atoms with E-state index in [1.165, 1.54) is 0 Å². The molecule has 0 amide bonds. The fourth-order valence-electron chi connectivity index (χ4n) is 3.45. The lowest BCUT2D eigenvalue weighted by Gasteiger charge is -2.06. The van der Waals surface area contributed by atoms with Crippen LogP contribution in [0.3, 0.4) is 0 Å². The van der Waals surface area contributed by atoms with Gasteiger partial charge in [-0.3, -0.25) is 4.40 Å². The maximum Gasteiger partial charge on any atom is 0.137 e. The number of nitrogens with zero attached hydrogens (tertiary/aromatic N) is 5. The second kappa shape index (κ2) is 7.22. The van der Waals surface area contributed by atoms with E-state index >= 15 is 0 Å². The van der Waals surface area contributed by atoms with Gasteiger partial charge in [-0.1, -0.05) is 12.0 Å². The SMILES string of the molecule is Cc1nc2ccccn2c1-c1ccc(N)nc1C#Cc1ccc(-n2cccn2)cc1. The van der Waals surface area contributed by atoms with Crippen molar-refractivity contribution in [3.8, 4) is 28.8 Å². The van der Waals surface area contributed by atoms with Crippen LogP contribution in [0.2, 0.25) is 0 Å². The molecule has 0 atom stereocenters. The fourth-order valence-corrected chi connectivity index (χ4v) is 3.45. The van der Waals surface area contributed by atoms with E-state index in [1.54, 1.807) is 12.3 Å². The van der Waals surface area contributed by atoms with Gasteiger partial charge >= 0.3 is 0 Å². The van der Waals surface area contributed by atoms with Crippen molar-refractivity contribution in [1.29, 1.82) is 0 Å². The summed E-state index contributed by atoms with van der Waals surface area (Å²) in [7, 11) is 0. The molecule has 0 aliphatic carbocycles. The van der Waals surface area contributed by atoms with Crippen LogP contribution >= 0.6 is 0 Å². The molecule has 0 saturated carbocycles. The van der Waals surface area contributed by atoms with Crippen molar-refractivity contribution in [2.24, 2.45) is 0 Å². The van der Waals surface area contributed by atoms with E-state index in [2.05, 4.69) is 26.9 Å². The van der Waals surface area contributed by atoms with Gasteiger partial charge in [0.1, 0.15) is 17.2 Å². The second-order valence-electron chi connectivity index (χ2n) is 6.85. The van der Waals surface area contributed by atoms with E-state index < -0.39 is 0 Å². The molecule has 5 aromatic rings. The molecule has 144 valence electrons. The fraction of sp³-hybridized carbons (Fsp3) is 0.0417. The normalized spacial score (nSPS) is 10.7. The summed E-state index contributed by atoms with van der Waals surface area (Å²) in [5, 5.41) is 4.24. The van der Waals surface area contributed by atoms with E-state index in [9.17, 15) is 0 Å². The quantitative estimate of drug-likeness (QED) is 0.464. The van der Waals surface area contributed by atoms with Gasteiger partial charge in [0.15, 0.2) is 0 Å². The summed E-state index contributed by atoms with van der Waals surface area (Å²) in [6, 6.07) is 19.5. The number of fused-ring (bicyclic) bond motifs is 1. The van der Waals surface area contributed by atoms with Crippen molar-refractivity contribution < 1.29 is 0 Å². The minimum Gasteiger partial charge on any atom is -0.384 e. The minimum absolute atomic E-state index is 0.434. The van der Waals surface area contributed by atoms with Gasteiger partial charge in [-0.25, -0.2) is 14.6 Å². The average Bonchev–Trinajstić information content (AvgIpc) is 3.40. The number of aryl methyl sites for hydroxylation is 1. The Morgan fingerprint density at radius 2 is 1.73 bits per heavy atom. The van der Waals surface area contributed by atoms with Gasteiger partial charge in [-0.15, -0.1) is 0 Å². The van der Waals surface area contributed by atoms with Crippen LogP contribution in [0.1, 0.15) is 17.0 Å². The lowest BCUT2D eigenvalue weighted by Crippen LogP contribution is -1.98. The summed E-state index contributed by atoms with van der Waals surface area (Å²) in [5.74, 6) is 6.84. The zero-order chi connectivity index (χ0) is 20.5. The first-order valence-electron chi connectivity index (χ1n) is 9.52. The van der Waals surface area contributed by atoms with Crippen molar-refractivity contribution in [1.82, 2.24) is 24.1 Å². The van der Waals surface area contributed by atoms with Crippen molar-refractivity contribution in [3.63, 3.8) is 0 Å². The minimum atomic E-state index is 0.434. The molecule has 5 rings (SSSR count).